The van der Waals surface area contributed by atoms with E-state index in [1.165, 1.54) is 0 Å². The summed E-state index contributed by atoms with van der Waals surface area (Å²) >= 11 is 0. The zero-order valence-electron chi connectivity index (χ0n) is 15.7. The number of piperidine rings is 2. The molecule has 2 aromatic rings. The molecule has 1 aromatic heterocycles. The highest BCUT2D eigenvalue weighted by atomic mass is 32.2. The number of rotatable bonds is 4. The van der Waals surface area contributed by atoms with Crippen molar-refractivity contribution < 1.29 is 18.3 Å². The Bertz CT molecular complexity index is 986. The topological polar surface area (TPSA) is 90.8 Å². The van der Waals surface area contributed by atoms with E-state index in [9.17, 15) is 18.3 Å². The summed E-state index contributed by atoms with van der Waals surface area (Å²) < 4.78 is 27.3. The molecular weight excluding hydrogens is 378 g/mol. The van der Waals surface area contributed by atoms with Crippen molar-refractivity contribution in [1.82, 2.24) is 9.29 Å². The maximum atomic E-state index is 12.9. The summed E-state index contributed by atoms with van der Waals surface area (Å²) in [5.74, 6) is -0.397. The number of hydrogen-bond acceptors (Lipinski definition) is 5. The summed E-state index contributed by atoms with van der Waals surface area (Å²) in [6, 6.07) is 8.78. The van der Waals surface area contributed by atoms with E-state index in [0.29, 0.717) is 36.5 Å². The van der Waals surface area contributed by atoms with Crippen LogP contribution in [0.1, 0.15) is 32.1 Å². The maximum Gasteiger partial charge on any atom is 0.308 e. The second-order valence-corrected chi connectivity index (χ2v) is 9.55. The van der Waals surface area contributed by atoms with E-state index >= 15 is 0 Å². The minimum atomic E-state index is -3.47. The van der Waals surface area contributed by atoms with Crippen LogP contribution < -0.4 is 4.90 Å². The van der Waals surface area contributed by atoms with Crippen molar-refractivity contribution in [2.75, 3.05) is 31.1 Å². The zero-order valence-corrected chi connectivity index (χ0v) is 16.6. The van der Waals surface area contributed by atoms with Gasteiger partial charge in [-0.1, -0.05) is 6.42 Å². The number of nitrogens with zero attached hydrogens (tertiary/aromatic N) is 3. The molecule has 28 heavy (non-hydrogen) atoms. The largest absolute Gasteiger partial charge is 0.481 e. The fourth-order valence-corrected chi connectivity index (χ4v) is 5.62. The molecule has 4 rings (SSSR count). The van der Waals surface area contributed by atoms with Crippen LogP contribution in [0.15, 0.2) is 35.2 Å². The van der Waals surface area contributed by atoms with E-state index in [-0.39, 0.29) is 5.92 Å². The summed E-state index contributed by atoms with van der Waals surface area (Å²) in [6.07, 6.45) is 4.41. The molecule has 1 N–H and O–H groups in total. The van der Waals surface area contributed by atoms with Gasteiger partial charge in [-0.2, -0.15) is 4.31 Å². The molecule has 1 aromatic carbocycles. The van der Waals surface area contributed by atoms with Gasteiger partial charge in [0, 0.05) is 31.6 Å². The summed E-state index contributed by atoms with van der Waals surface area (Å²) in [5.41, 5.74) is 0.715. The smallest absolute Gasteiger partial charge is 0.308 e. The van der Waals surface area contributed by atoms with E-state index in [0.717, 1.165) is 43.4 Å². The number of hydrogen-bond donors (Lipinski definition) is 1. The third-order valence-corrected chi connectivity index (χ3v) is 7.59. The van der Waals surface area contributed by atoms with Crippen molar-refractivity contribution in [1.29, 1.82) is 0 Å². The van der Waals surface area contributed by atoms with Crippen molar-refractivity contribution in [3.05, 3.63) is 30.3 Å². The van der Waals surface area contributed by atoms with Crippen LogP contribution in [0.25, 0.3) is 10.9 Å². The molecule has 0 spiro atoms. The van der Waals surface area contributed by atoms with Crippen LogP contribution >= 0.6 is 0 Å². The van der Waals surface area contributed by atoms with Gasteiger partial charge >= 0.3 is 5.97 Å². The van der Waals surface area contributed by atoms with E-state index in [1.807, 2.05) is 17.0 Å². The van der Waals surface area contributed by atoms with Gasteiger partial charge in [-0.15, -0.1) is 0 Å². The Balaban J connectivity index is 1.60. The Hall–Kier alpha value is -2.19. The summed E-state index contributed by atoms with van der Waals surface area (Å²) in [5, 5.41) is 10.1. The van der Waals surface area contributed by atoms with Crippen LogP contribution in [0.5, 0.6) is 0 Å². The average molecular weight is 404 g/mol. The normalized spacial score (nSPS) is 21.7. The second-order valence-electron chi connectivity index (χ2n) is 7.61. The molecule has 2 fully saturated rings. The Labute approximate surface area is 165 Å². The van der Waals surface area contributed by atoms with Crippen LogP contribution in [0, 0.1) is 5.92 Å². The van der Waals surface area contributed by atoms with Gasteiger partial charge in [-0.25, -0.2) is 13.4 Å². The van der Waals surface area contributed by atoms with Gasteiger partial charge in [0.2, 0.25) is 10.0 Å². The first-order valence-corrected chi connectivity index (χ1v) is 11.3. The first-order chi connectivity index (χ1) is 13.4. The molecule has 0 aliphatic carbocycles. The number of carbonyl (C=O) groups is 1. The molecular formula is C20H25N3O4S. The van der Waals surface area contributed by atoms with Crippen molar-refractivity contribution in [2.24, 2.45) is 5.92 Å². The Kier molecular flexibility index (Phi) is 5.25. The fourth-order valence-electron chi connectivity index (χ4n) is 4.07. The van der Waals surface area contributed by atoms with Crippen molar-refractivity contribution in [2.45, 2.75) is 37.0 Å². The number of fused-ring (bicyclic) bond motifs is 1. The third-order valence-electron chi connectivity index (χ3n) is 5.69. The molecule has 150 valence electrons. The van der Waals surface area contributed by atoms with Crippen molar-refractivity contribution in [3.8, 4) is 0 Å². The van der Waals surface area contributed by atoms with Crippen molar-refractivity contribution >= 4 is 32.7 Å². The molecule has 1 atom stereocenters. The van der Waals surface area contributed by atoms with Crippen molar-refractivity contribution in [3.63, 3.8) is 0 Å². The number of aliphatic carboxylic acids is 1. The summed E-state index contributed by atoms with van der Waals surface area (Å²) in [4.78, 5) is 18.3. The number of carboxylic acid groups (broad SMARTS) is 1. The van der Waals surface area contributed by atoms with E-state index in [1.54, 1.807) is 22.5 Å². The molecule has 2 aliphatic heterocycles. The molecule has 7 nitrogen and oxygen atoms in total. The highest BCUT2D eigenvalue weighted by molar-refractivity contribution is 7.89. The Morgan fingerprint density at radius 3 is 2.57 bits per heavy atom. The number of benzene rings is 1. The third kappa shape index (κ3) is 3.71. The maximum absolute atomic E-state index is 12.9. The standard InChI is InChI=1S/C20H25N3O4S/c24-20(25)16-5-4-10-22(14-16)19-9-6-15-13-17(7-8-18(15)21-19)28(26,27)23-11-2-1-3-12-23/h6-9,13,16H,1-5,10-12,14H2,(H,24,25)/t16-/m0/s1. The fraction of sp³-hybridized carbons (Fsp3) is 0.500. The summed E-state index contributed by atoms with van der Waals surface area (Å²) in [6.45, 7) is 2.40. The molecule has 0 unspecified atom stereocenters. The lowest BCUT2D eigenvalue weighted by molar-refractivity contribution is -0.141. The molecule has 0 saturated carbocycles. The zero-order chi connectivity index (χ0) is 19.7. The van der Waals surface area contributed by atoms with Gasteiger partial charge in [0.05, 0.1) is 16.3 Å². The lowest BCUT2D eigenvalue weighted by atomic mass is 9.98. The minimum absolute atomic E-state index is 0.306. The van der Waals surface area contributed by atoms with Gasteiger partial charge < -0.3 is 10.0 Å². The molecule has 8 heteroatoms. The van der Waals surface area contributed by atoms with Crippen LogP contribution in [-0.2, 0) is 14.8 Å². The number of pyridine rings is 1. The molecule has 2 saturated heterocycles. The van der Waals surface area contributed by atoms with Crippen LogP contribution in [-0.4, -0.2) is 55.0 Å². The second kappa shape index (κ2) is 7.67. The number of anilines is 1. The predicted molar refractivity (Wildman–Crippen MR) is 107 cm³/mol. The van der Waals surface area contributed by atoms with E-state index in [2.05, 4.69) is 4.98 Å². The lowest BCUT2D eigenvalue weighted by Gasteiger charge is -2.31. The Morgan fingerprint density at radius 1 is 1.04 bits per heavy atom. The van der Waals surface area contributed by atoms with E-state index in [4.69, 9.17) is 0 Å². The number of carboxylic acids is 1. The quantitative estimate of drug-likeness (QED) is 0.844. The predicted octanol–water partition coefficient (Wildman–Crippen LogP) is 2.71. The monoisotopic (exact) mass is 403 g/mol. The molecule has 2 aliphatic rings. The SMILES string of the molecule is O=C(O)[C@H]1CCCN(c2ccc3cc(S(=O)(=O)N4CCCCC4)ccc3n2)C1. The Morgan fingerprint density at radius 2 is 1.82 bits per heavy atom. The highest BCUT2D eigenvalue weighted by Crippen LogP contribution is 2.27. The van der Waals surface area contributed by atoms with Crippen LogP contribution in [0.3, 0.4) is 0 Å². The first kappa shape index (κ1) is 19.1. The van der Waals surface area contributed by atoms with Gasteiger partial charge in [0.25, 0.3) is 0 Å². The van der Waals surface area contributed by atoms with Crippen LogP contribution in [0.4, 0.5) is 5.82 Å². The van der Waals surface area contributed by atoms with Gasteiger partial charge in [0.1, 0.15) is 5.82 Å². The van der Waals surface area contributed by atoms with Gasteiger partial charge in [0.15, 0.2) is 0 Å². The molecule has 0 bridgehead atoms. The molecule has 3 heterocycles. The van der Waals surface area contributed by atoms with E-state index < -0.39 is 16.0 Å². The summed E-state index contributed by atoms with van der Waals surface area (Å²) in [7, 11) is -3.47. The number of sulfonamides is 1. The first-order valence-electron chi connectivity index (χ1n) is 9.84. The molecule has 0 radical (unpaired) electrons. The van der Waals surface area contributed by atoms with Gasteiger partial charge in [-0.3, -0.25) is 4.79 Å². The van der Waals surface area contributed by atoms with Gasteiger partial charge in [-0.05, 0) is 56.0 Å². The minimum Gasteiger partial charge on any atom is -0.481 e. The molecule has 0 amide bonds. The lowest BCUT2D eigenvalue weighted by Crippen LogP contribution is -2.39. The van der Waals surface area contributed by atoms with Crippen LogP contribution in [0.2, 0.25) is 0 Å². The number of aromatic nitrogens is 1. The average Bonchev–Trinajstić information content (AvgIpc) is 2.73. The highest BCUT2D eigenvalue weighted by Gasteiger charge is 2.27.